The third-order valence-corrected chi connectivity index (χ3v) is 4.14. The van der Waals surface area contributed by atoms with E-state index in [0.717, 1.165) is 57.1 Å². The zero-order chi connectivity index (χ0) is 15.1. The molecule has 0 aliphatic carbocycles. The summed E-state index contributed by atoms with van der Waals surface area (Å²) in [4.78, 5) is 16.5. The maximum absolute atomic E-state index is 12.4. The van der Waals surface area contributed by atoms with Gasteiger partial charge >= 0.3 is 0 Å². The van der Waals surface area contributed by atoms with E-state index in [-0.39, 0.29) is 5.91 Å². The van der Waals surface area contributed by atoms with Gasteiger partial charge in [0.15, 0.2) is 0 Å². The van der Waals surface area contributed by atoms with Gasteiger partial charge in [-0.15, -0.1) is 6.58 Å². The summed E-state index contributed by atoms with van der Waals surface area (Å²) in [5.74, 6) is 1.95. The third-order valence-electron chi connectivity index (χ3n) is 4.14. The largest absolute Gasteiger partial charge is 0.469 e. The Bertz CT molecular complexity index is 434. The summed E-state index contributed by atoms with van der Waals surface area (Å²) in [6.07, 6.45) is 6.62. The number of carbonyl (C=O) groups is 1. The number of amides is 1. The molecule has 0 N–H and O–H groups in total. The number of likely N-dealkylation sites (tertiary alicyclic amines) is 1. The van der Waals surface area contributed by atoms with E-state index in [4.69, 9.17) is 4.42 Å². The van der Waals surface area contributed by atoms with Crippen molar-refractivity contribution in [3.05, 3.63) is 36.8 Å². The average molecular weight is 290 g/mol. The Labute approximate surface area is 127 Å². The van der Waals surface area contributed by atoms with E-state index in [0.29, 0.717) is 6.54 Å². The van der Waals surface area contributed by atoms with Crippen LogP contribution < -0.4 is 0 Å². The molecule has 1 amide bonds. The summed E-state index contributed by atoms with van der Waals surface area (Å²) in [6, 6.07) is 3.87. The van der Waals surface area contributed by atoms with Gasteiger partial charge in [-0.3, -0.25) is 9.69 Å². The van der Waals surface area contributed by atoms with Crippen molar-refractivity contribution in [3.8, 4) is 0 Å². The van der Waals surface area contributed by atoms with Crippen molar-refractivity contribution in [1.29, 1.82) is 0 Å². The number of nitrogens with zero attached hydrogens (tertiary/aromatic N) is 2. The molecule has 0 spiro atoms. The lowest BCUT2D eigenvalue weighted by molar-refractivity contribution is -0.133. The maximum atomic E-state index is 12.4. The summed E-state index contributed by atoms with van der Waals surface area (Å²) < 4.78 is 5.35. The van der Waals surface area contributed by atoms with Crippen LogP contribution in [0.1, 0.15) is 25.5 Å². The lowest BCUT2D eigenvalue weighted by Gasteiger charge is -2.32. The summed E-state index contributed by atoms with van der Waals surface area (Å²) >= 11 is 0. The predicted octanol–water partition coefficient (Wildman–Crippen LogP) is 2.57. The van der Waals surface area contributed by atoms with Crippen LogP contribution in [0, 0.1) is 5.92 Å². The molecule has 4 heteroatoms. The first-order chi connectivity index (χ1) is 10.2. The van der Waals surface area contributed by atoms with E-state index >= 15 is 0 Å². The number of hydrogen-bond acceptors (Lipinski definition) is 3. The quantitative estimate of drug-likeness (QED) is 0.724. The molecule has 0 bridgehead atoms. The Balaban J connectivity index is 1.80. The Kier molecular flexibility index (Phi) is 6.05. The minimum atomic E-state index is 0.239. The van der Waals surface area contributed by atoms with Crippen molar-refractivity contribution in [3.63, 3.8) is 0 Å². The fourth-order valence-electron chi connectivity index (χ4n) is 2.69. The molecule has 0 aromatic carbocycles. The number of hydrogen-bond donors (Lipinski definition) is 0. The number of rotatable bonds is 7. The van der Waals surface area contributed by atoms with Gasteiger partial charge in [-0.2, -0.15) is 0 Å². The first-order valence-corrected chi connectivity index (χ1v) is 7.82. The minimum Gasteiger partial charge on any atom is -0.469 e. The van der Waals surface area contributed by atoms with Crippen molar-refractivity contribution in [2.75, 3.05) is 32.7 Å². The summed E-state index contributed by atoms with van der Waals surface area (Å²) in [7, 11) is 0. The maximum Gasteiger partial charge on any atom is 0.236 e. The van der Waals surface area contributed by atoms with Gasteiger partial charge in [0.05, 0.1) is 12.8 Å². The topological polar surface area (TPSA) is 36.7 Å². The second-order valence-electron chi connectivity index (χ2n) is 5.92. The zero-order valence-corrected chi connectivity index (χ0v) is 13.0. The Morgan fingerprint density at radius 1 is 1.52 bits per heavy atom. The van der Waals surface area contributed by atoms with E-state index in [1.54, 1.807) is 6.26 Å². The fraction of sp³-hybridized carbons (Fsp3) is 0.588. The molecule has 0 saturated carbocycles. The highest BCUT2D eigenvalue weighted by Gasteiger charge is 2.21. The summed E-state index contributed by atoms with van der Waals surface area (Å²) in [5.41, 5.74) is 0. The van der Waals surface area contributed by atoms with Gasteiger partial charge in [-0.05, 0) is 30.9 Å². The minimum absolute atomic E-state index is 0.239. The van der Waals surface area contributed by atoms with Crippen LogP contribution >= 0.6 is 0 Å². The van der Waals surface area contributed by atoms with Gasteiger partial charge in [0.1, 0.15) is 5.76 Å². The lowest BCUT2D eigenvalue weighted by atomic mass is 9.99. The van der Waals surface area contributed by atoms with Crippen LogP contribution in [0.2, 0.25) is 0 Å². The molecular weight excluding hydrogens is 264 g/mol. The SMILES string of the molecule is C=CCN(CCc1ccco1)CC(=O)N1CCC(C)CC1. The van der Waals surface area contributed by atoms with Crippen LogP contribution in [0.15, 0.2) is 35.5 Å². The van der Waals surface area contributed by atoms with Gasteiger partial charge in [0.2, 0.25) is 5.91 Å². The van der Waals surface area contributed by atoms with Gasteiger partial charge in [0.25, 0.3) is 0 Å². The molecule has 0 unspecified atom stereocenters. The van der Waals surface area contributed by atoms with Crippen LogP contribution in [0.25, 0.3) is 0 Å². The van der Waals surface area contributed by atoms with Crippen LogP contribution in [-0.2, 0) is 11.2 Å². The number of carbonyl (C=O) groups excluding carboxylic acids is 1. The monoisotopic (exact) mass is 290 g/mol. The molecule has 1 aromatic heterocycles. The molecule has 1 aliphatic rings. The Morgan fingerprint density at radius 2 is 2.29 bits per heavy atom. The fourth-order valence-corrected chi connectivity index (χ4v) is 2.69. The van der Waals surface area contributed by atoms with E-state index in [2.05, 4.69) is 18.4 Å². The van der Waals surface area contributed by atoms with Crippen molar-refractivity contribution in [2.45, 2.75) is 26.2 Å². The van der Waals surface area contributed by atoms with E-state index in [1.807, 2.05) is 23.1 Å². The summed E-state index contributed by atoms with van der Waals surface area (Å²) in [6.45, 7) is 9.87. The second-order valence-corrected chi connectivity index (χ2v) is 5.92. The Hall–Kier alpha value is -1.55. The third kappa shape index (κ3) is 5.05. The lowest BCUT2D eigenvalue weighted by Crippen LogP contribution is -2.44. The van der Waals surface area contributed by atoms with Crippen LogP contribution in [0.4, 0.5) is 0 Å². The first-order valence-electron chi connectivity index (χ1n) is 7.82. The smallest absolute Gasteiger partial charge is 0.236 e. The van der Waals surface area contributed by atoms with Crippen molar-refractivity contribution in [1.82, 2.24) is 9.80 Å². The predicted molar refractivity (Wildman–Crippen MR) is 84.0 cm³/mol. The molecule has 1 aromatic rings. The molecule has 0 atom stereocenters. The normalized spacial score (nSPS) is 16.4. The second kappa shape index (κ2) is 8.03. The molecule has 116 valence electrons. The van der Waals surface area contributed by atoms with Crippen LogP contribution in [0.5, 0.6) is 0 Å². The van der Waals surface area contributed by atoms with Gasteiger partial charge < -0.3 is 9.32 Å². The highest BCUT2D eigenvalue weighted by atomic mass is 16.3. The number of furan rings is 1. The van der Waals surface area contributed by atoms with Crippen LogP contribution in [0.3, 0.4) is 0 Å². The van der Waals surface area contributed by atoms with Crippen molar-refractivity contribution >= 4 is 5.91 Å². The molecule has 0 radical (unpaired) electrons. The van der Waals surface area contributed by atoms with Gasteiger partial charge in [0, 0.05) is 32.6 Å². The molecular formula is C17H26N2O2. The molecule has 2 rings (SSSR count). The molecule has 2 heterocycles. The van der Waals surface area contributed by atoms with E-state index < -0.39 is 0 Å². The van der Waals surface area contributed by atoms with Crippen LogP contribution in [-0.4, -0.2) is 48.4 Å². The first kappa shape index (κ1) is 15.8. The highest BCUT2D eigenvalue weighted by Crippen LogP contribution is 2.16. The van der Waals surface area contributed by atoms with Gasteiger partial charge in [-0.1, -0.05) is 13.0 Å². The Morgan fingerprint density at radius 3 is 2.90 bits per heavy atom. The standard InChI is InChI=1S/C17H26N2O2/c1-3-9-18(10-8-16-5-4-13-21-16)14-17(20)19-11-6-15(2)7-12-19/h3-5,13,15H,1,6-12,14H2,2H3. The van der Waals surface area contributed by atoms with Crippen molar-refractivity contribution < 1.29 is 9.21 Å². The molecule has 21 heavy (non-hydrogen) atoms. The molecule has 1 saturated heterocycles. The molecule has 4 nitrogen and oxygen atoms in total. The van der Waals surface area contributed by atoms with Crippen molar-refractivity contribution in [2.24, 2.45) is 5.92 Å². The highest BCUT2D eigenvalue weighted by molar-refractivity contribution is 5.78. The zero-order valence-electron chi connectivity index (χ0n) is 13.0. The van der Waals surface area contributed by atoms with E-state index in [1.165, 1.54) is 0 Å². The molecule has 1 aliphatic heterocycles. The molecule has 1 fully saturated rings. The van der Waals surface area contributed by atoms with E-state index in [9.17, 15) is 4.79 Å². The average Bonchev–Trinajstić information content (AvgIpc) is 2.99. The summed E-state index contributed by atoms with van der Waals surface area (Å²) in [5, 5.41) is 0. The van der Waals surface area contributed by atoms with Gasteiger partial charge in [-0.25, -0.2) is 0 Å². The number of piperidine rings is 1.